The van der Waals surface area contributed by atoms with Crippen molar-refractivity contribution in [2.24, 2.45) is 7.05 Å². The number of nitrogens with zero attached hydrogens (tertiary/aromatic N) is 3. The van der Waals surface area contributed by atoms with Crippen LogP contribution in [0.25, 0.3) is 0 Å². The van der Waals surface area contributed by atoms with Gasteiger partial charge in [0.1, 0.15) is 0 Å². The van der Waals surface area contributed by atoms with Gasteiger partial charge in [0.25, 0.3) is 0 Å². The molecule has 6 heteroatoms. The van der Waals surface area contributed by atoms with E-state index < -0.39 is 0 Å². The Bertz CT molecular complexity index is 808. The first kappa shape index (κ1) is 21.9. The molecule has 2 aliphatic heterocycles. The molecule has 2 fully saturated rings. The number of aromatic nitrogens is 1. The molecule has 0 bridgehead atoms. The number of urea groups is 1. The summed E-state index contributed by atoms with van der Waals surface area (Å²) in [6, 6.07) is 15.4. The Labute approximate surface area is 186 Å². The summed E-state index contributed by atoms with van der Waals surface area (Å²) in [4.78, 5) is 18.0. The molecule has 4 rings (SSSR count). The summed E-state index contributed by atoms with van der Waals surface area (Å²) in [5.41, 5.74) is 2.60. The van der Waals surface area contributed by atoms with Gasteiger partial charge in [-0.1, -0.05) is 30.3 Å². The van der Waals surface area contributed by atoms with Gasteiger partial charge in [-0.2, -0.15) is 0 Å². The van der Waals surface area contributed by atoms with Crippen LogP contribution >= 0.6 is 0 Å². The Morgan fingerprint density at radius 1 is 1.03 bits per heavy atom. The number of piperidine rings is 1. The van der Waals surface area contributed by atoms with E-state index in [1.54, 1.807) is 0 Å². The molecule has 1 N–H and O–H groups in total. The summed E-state index contributed by atoms with van der Waals surface area (Å²) in [6.07, 6.45) is 6.92. The third-order valence-corrected chi connectivity index (χ3v) is 6.74. The Balaban J connectivity index is 1.33. The molecule has 168 valence electrons. The summed E-state index contributed by atoms with van der Waals surface area (Å²) in [6.45, 7) is 5.24. The third kappa shape index (κ3) is 5.89. The maximum Gasteiger partial charge on any atom is 0.317 e. The van der Waals surface area contributed by atoms with Crippen molar-refractivity contribution in [3.63, 3.8) is 0 Å². The number of carbonyl (C=O) groups excluding carboxylic acids is 1. The van der Waals surface area contributed by atoms with E-state index in [0.717, 1.165) is 65.0 Å². The van der Waals surface area contributed by atoms with E-state index in [2.05, 4.69) is 69.3 Å². The zero-order chi connectivity index (χ0) is 21.5. The first-order valence-electron chi connectivity index (χ1n) is 11.7. The average Bonchev–Trinajstić information content (AvgIpc) is 3.21. The van der Waals surface area contributed by atoms with E-state index >= 15 is 0 Å². The minimum atomic E-state index is 0.101. The van der Waals surface area contributed by atoms with E-state index in [9.17, 15) is 4.79 Å². The van der Waals surface area contributed by atoms with E-state index in [4.69, 9.17) is 4.74 Å². The summed E-state index contributed by atoms with van der Waals surface area (Å²) in [7, 11) is 2.11. The first-order valence-corrected chi connectivity index (χ1v) is 11.7. The van der Waals surface area contributed by atoms with Crippen LogP contribution in [0.4, 0.5) is 4.79 Å². The van der Waals surface area contributed by atoms with Crippen molar-refractivity contribution in [1.29, 1.82) is 0 Å². The van der Waals surface area contributed by atoms with Crippen molar-refractivity contribution >= 4 is 6.03 Å². The third-order valence-electron chi connectivity index (χ3n) is 6.74. The van der Waals surface area contributed by atoms with E-state index in [0.29, 0.717) is 12.6 Å². The van der Waals surface area contributed by atoms with Crippen LogP contribution < -0.4 is 5.32 Å². The van der Waals surface area contributed by atoms with Gasteiger partial charge < -0.3 is 19.5 Å². The molecule has 2 saturated heterocycles. The molecular formula is C25H36N4O2. The predicted molar refractivity (Wildman–Crippen MR) is 123 cm³/mol. The molecule has 0 radical (unpaired) electrons. The van der Waals surface area contributed by atoms with Crippen LogP contribution in [0.1, 0.15) is 36.9 Å². The molecule has 2 aliphatic rings. The molecule has 0 spiro atoms. The smallest absolute Gasteiger partial charge is 0.317 e. The van der Waals surface area contributed by atoms with Crippen molar-refractivity contribution in [3.8, 4) is 0 Å². The maximum atomic E-state index is 13.3. The van der Waals surface area contributed by atoms with Crippen LogP contribution in [0.15, 0.2) is 48.7 Å². The standard InChI is InChI=1S/C25H36N4O2/c1-27-15-5-8-24(27)20-28-16-10-22(11-17-28)29(23-12-18-31-19-13-23)25(30)26-14-9-21-6-3-2-4-7-21/h2-8,15,22-23H,9-14,16-20H2,1H3,(H,26,30). The maximum absolute atomic E-state index is 13.3. The highest BCUT2D eigenvalue weighted by Gasteiger charge is 2.34. The SMILES string of the molecule is Cn1cccc1CN1CCC(N(C(=O)NCCc2ccccc2)C2CCOCC2)CC1. The van der Waals surface area contributed by atoms with Crippen LogP contribution in [0, 0.1) is 0 Å². The average molecular weight is 425 g/mol. The van der Waals surface area contributed by atoms with Crippen LogP contribution in [-0.4, -0.2) is 65.3 Å². The van der Waals surface area contributed by atoms with E-state index in [-0.39, 0.29) is 12.1 Å². The molecule has 2 aromatic rings. The number of aryl methyl sites for hydroxylation is 1. The molecule has 0 atom stereocenters. The van der Waals surface area contributed by atoms with Crippen LogP contribution in [0.2, 0.25) is 0 Å². The van der Waals surface area contributed by atoms with E-state index in [1.165, 1.54) is 11.3 Å². The lowest BCUT2D eigenvalue weighted by Gasteiger charge is -2.43. The Kier molecular flexibility index (Phi) is 7.65. The topological polar surface area (TPSA) is 49.7 Å². The second-order valence-electron chi connectivity index (χ2n) is 8.84. The second kappa shape index (κ2) is 10.8. The molecule has 2 amide bonds. The second-order valence-corrected chi connectivity index (χ2v) is 8.84. The lowest BCUT2D eigenvalue weighted by Crippen LogP contribution is -2.56. The minimum absolute atomic E-state index is 0.101. The van der Waals surface area contributed by atoms with E-state index in [1.807, 2.05) is 6.07 Å². The van der Waals surface area contributed by atoms with Crippen LogP contribution in [-0.2, 0) is 24.8 Å². The number of amides is 2. The number of rotatable bonds is 7. The normalized spacial score (nSPS) is 18.7. The van der Waals surface area contributed by atoms with Crippen molar-refractivity contribution < 1.29 is 9.53 Å². The van der Waals surface area contributed by atoms with Gasteiger partial charge in [-0.3, -0.25) is 4.90 Å². The fourth-order valence-electron chi connectivity index (χ4n) is 4.89. The van der Waals surface area contributed by atoms with Gasteiger partial charge in [0.2, 0.25) is 0 Å². The summed E-state index contributed by atoms with van der Waals surface area (Å²) in [5, 5.41) is 3.21. The molecule has 31 heavy (non-hydrogen) atoms. The predicted octanol–water partition coefficient (Wildman–Crippen LogP) is 3.42. The molecular weight excluding hydrogens is 388 g/mol. The number of nitrogens with one attached hydrogen (secondary N) is 1. The van der Waals surface area contributed by atoms with Gasteiger partial charge >= 0.3 is 6.03 Å². The van der Waals surface area contributed by atoms with Crippen LogP contribution in [0.3, 0.4) is 0 Å². The lowest BCUT2D eigenvalue weighted by atomic mass is 9.98. The summed E-state index contributed by atoms with van der Waals surface area (Å²) >= 11 is 0. The largest absolute Gasteiger partial charge is 0.381 e. The zero-order valence-electron chi connectivity index (χ0n) is 18.7. The number of carbonyl (C=O) groups is 1. The molecule has 3 heterocycles. The lowest BCUT2D eigenvalue weighted by molar-refractivity contribution is 0.0203. The van der Waals surface area contributed by atoms with Gasteiger partial charge in [0, 0.05) is 70.4 Å². The highest BCUT2D eigenvalue weighted by atomic mass is 16.5. The van der Waals surface area contributed by atoms with Crippen LogP contribution in [0.5, 0.6) is 0 Å². The van der Waals surface area contributed by atoms with Gasteiger partial charge in [-0.05, 0) is 49.8 Å². The fourth-order valence-corrected chi connectivity index (χ4v) is 4.89. The zero-order valence-corrected chi connectivity index (χ0v) is 18.7. The van der Waals surface area contributed by atoms with Crippen molar-refractivity contribution in [2.75, 3.05) is 32.8 Å². The van der Waals surface area contributed by atoms with Gasteiger partial charge in [-0.25, -0.2) is 4.79 Å². The number of hydrogen-bond acceptors (Lipinski definition) is 3. The summed E-state index contributed by atoms with van der Waals surface area (Å²) in [5.74, 6) is 0. The Hall–Kier alpha value is -2.31. The molecule has 1 aromatic heterocycles. The van der Waals surface area contributed by atoms with Crippen molar-refractivity contribution in [3.05, 3.63) is 59.9 Å². The van der Waals surface area contributed by atoms with Crippen molar-refractivity contribution in [2.45, 2.75) is 50.7 Å². The Morgan fingerprint density at radius 2 is 1.74 bits per heavy atom. The highest BCUT2D eigenvalue weighted by Crippen LogP contribution is 2.25. The van der Waals surface area contributed by atoms with Gasteiger partial charge in [0.05, 0.1) is 0 Å². The molecule has 1 aromatic carbocycles. The number of hydrogen-bond donors (Lipinski definition) is 1. The Morgan fingerprint density at radius 3 is 2.42 bits per heavy atom. The summed E-state index contributed by atoms with van der Waals surface area (Å²) < 4.78 is 7.77. The minimum Gasteiger partial charge on any atom is -0.381 e. The molecule has 6 nitrogen and oxygen atoms in total. The highest BCUT2D eigenvalue weighted by molar-refractivity contribution is 5.75. The molecule has 0 aliphatic carbocycles. The monoisotopic (exact) mass is 424 g/mol. The van der Waals surface area contributed by atoms with Gasteiger partial charge in [0.15, 0.2) is 0 Å². The van der Waals surface area contributed by atoms with Crippen molar-refractivity contribution in [1.82, 2.24) is 19.7 Å². The number of benzene rings is 1. The molecule has 0 saturated carbocycles. The number of likely N-dealkylation sites (tertiary alicyclic amines) is 1. The molecule has 0 unspecified atom stereocenters. The fraction of sp³-hybridized carbons (Fsp3) is 0.560. The number of ether oxygens (including phenoxy) is 1. The van der Waals surface area contributed by atoms with Gasteiger partial charge in [-0.15, -0.1) is 0 Å². The first-order chi connectivity index (χ1) is 15.2. The quantitative estimate of drug-likeness (QED) is 0.741.